The Bertz CT molecular complexity index is 1220. The van der Waals surface area contributed by atoms with Crippen LogP contribution < -0.4 is 4.74 Å². The van der Waals surface area contributed by atoms with E-state index < -0.39 is 11.8 Å². The topological polar surface area (TPSA) is 58.9 Å². The minimum absolute atomic E-state index is 0.101. The summed E-state index contributed by atoms with van der Waals surface area (Å²) in [4.78, 5) is 17.4. The van der Waals surface area contributed by atoms with E-state index in [0.717, 1.165) is 50.8 Å². The van der Waals surface area contributed by atoms with Crippen molar-refractivity contribution in [1.82, 2.24) is 0 Å². The summed E-state index contributed by atoms with van der Waals surface area (Å²) < 4.78 is 19.1. The summed E-state index contributed by atoms with van der Waals surface area (Å²) in [5.74, 6) is 0.837. The predicted octanol–water partition coefficient (Wildman–Crippen LogP) is 5.96. The zero-order valence-electron chi connectivity index (χ0n) is 20.1. The van der Waals surface area contributed by atoms with E-state index in [4.69, 9.17) is 4.74 Å². The Hall–Kier alpha value is -3.05. The van der Waals surface area contributed by atoms with Crippen molar-refractivity contribution in [3.8, 4) is 5.75 Å². The van der Waals surface area contributed by atoms with E-state index >= 15 is 0 Å². The number of hydrogen-bond donors (Lipinski definition) is 1. The first kappa shape index (κ1) is 24.1. The maximum atomic E-state index is 13.5. The van der Waals surface area contributed by atoms with E-state index in [-0.39, 0.29) is 5.78 Å². The Morgan fingerprint density at radius 2 is 2.09 bits per heavy atom. The normalized spacial score (nSPS) is 22.8. The number of ether oxygens (including phenoxy) is 1. The molecule has 0 aromatic heterocycles. The molecule has 0 fully saturated rings. The Balaban J connectivity index is 1.65. The average Bonchev–Trinajstić information content (AvgIpc) is 2.98. The Morgan fingerprint density at radius 3 is 2.85 bits per heavy atom. The van der Waals surface area contributed by atoms with Crippen LogP contribution in [0.25, 0.3) is 16.3 Å². The Kier molecular flexibility index (Phi) is 7.13. The van der Waals surface area contributed by atoms with Crippen LogP contribution >= 0.6 is 0 Å². The van der Waals surface area contributed by atoms with E-state index in [2.05, 4.69) is 4.99 Å². The number of nitrogens with zero attached hydrogens (tertiary/aromatic N) is 1. The molecule has 2 aromatic carbocycles. The van der Waals surface area contributed by atoms with Crippen molar-refractivity contribution in [2.45, 2.75) is 57.7 Å². The molecule has 0 amide bonds. The van der Waals surface area contributed by atoms with Crippen molar-refractivity contribution in [2.75, 3.05) is 13.7 Å². The van der Waals surface area contributed by atoms with Gasteiger partial charge in [0.25, 0.3) is 0 Å². The van der Waals surface area contributed by atoms with Gasteiger partial charge >= 0.3 is 0 Å². The molecule has 0 bridgehead atoms. The molecule has 4 nitrogen and oxygen atoms in total. The number of hydrogen-bond acceptors (Lipinski definition) is 4. The molecule has 5 heteroatoms. The number of aliphatic imine (C=N–C) groups is 1. The number of methoxy groups -OCH3 is 1. The molecular formula is C29H32FNO3. The number of carbonyl (C=O) groups excluding carboxylic acids is 1. The molecule has 2 aromatic rings. The summed E-state index contributed by atoms with van der Waals surface area (Å²) in [6, 6.07) is 9.94. The fourth-order valence-corrected chi connectivity index (χ4v) is 4.72. The lowest BCUT2D eigenvalue weighted by Gasteiger charge is -2.20. The Morgan fingerprint density at radius 1 is 1.26 bits per heavy atom. The van der Waals surface area contributed by atoms with Crippen LogP contribution in [0.15, 0.2) is 64.7 Å². The van der Waals surface area contributed by atoms with Crippen LogP contribution in [0.2, 0.25) is 0 Å². The van der Waals surface area contributed by atoms with E-state index in [0.29, 0.717) is 32.2 Å². The van der Waals surface area contributed by atoms with Crippen LogP contribution in [-0.4, -0.2) is 42.5 Å². The summed E-state index contributed by atoms with van der Waals surface area (Å²) in [6.07, 6.45) is 9.28. The number of halogens is 1. The molecule has 34 heavy (non-hydrogen) atoms. The molecule has 2 atom stereocenters. The second-order valence-corrected chi connectivity index (χ2v) is 9.55. The summed E-state index contributed by atoms with van der Waals surface area (Å²) in [5.41, 5.74) is 3.79. The van der Waals surface area contributed by atoms with Crippen LogP contribution in [0.1, 0.15) is 50.7 Å². The molecule has 1 aliphatic heterocycles. The van der Waals surface area contributed by atoms with Gasteiger partial charge in [-0.1, -0.05) is 18.2 Å². The van der Waals surface area contributed by atoms with Crippen molar-refractivity contribution >= 4 is 28.3 Å². The number of benzene rings is 2. The van der Waals surface area contributed by atoms with Gasteiger partial charge in [-0.25, -0.2) is 4.39 Å². The summed E-state index contributed by atoms with van der Waals surface area (Å²) in [7, 11) is 1.64. The lowest BCUT2D eigenvalue weighted by molar-refractivity contribution is -0.115. The van der Waals surface area contributed by atoms with Crippen LogP contribution in [0.5, 0.6) is 5.75 Å². The van der Waals surface area contributed by atoms with E-state index in [1.807, 2.05) is 55.6 Å². The first-order valence-corrected chi connectivity index (χ1v) is 11.9. The number of Topliss-reactive ketones (excluding diaryl/α,β-unsaturated/α-hetero) is 1. The summed E-state index contributed by atoms with van der Waals surface area (Å²) >= 11 is 0. The quantitative estimate of drug-likeness (QED) is 0.577. The predicted molar refractivity (Wildman–Crippen MR) is 136 cm³/mol. The molecule has 1 aliphatic carbocycles. The van der Waals surface area contributed by atoms with Gasteiger partial charge in [0.05, 0.1) is 19.3 Å². The first-order chi connectivity index (χ1) is 16.3. The van der Waals surface area contributed by atoms with Gasteiger partial charge in [0, 0.05) is 23.6 Å². The molecule has 1 heterocycles. The highest BCUT2D eigenvalue weighted by atomic mass is 19.1. The highest BCUT2D eigenvalue weighted by molar-refractivity contribution is 6.16. The molecular weight excluding hydrogens is 429 g/mol. The van der Waals surface area contributed by atoms with Gasteiger partial charge < -0.3 is 9.84 Å². The van der Waals surface area contributed by atoms with E-state index in [9.17, 15) is 14.3 Å². The number of rotatable bonds is 6. The molecule has 178 valence electrons. The maximum absolute atomic E-state index is 13.5. The maximum Gasteiger partial charge on any atom is 0.162 e. The monoisotopic (exact) mass is 461 g/mol. The smallest absolute Gasteiger partial charge is 0.162 e. The largest absolute Gasteiger partial charge is 0.496 e. The third-order valence-corrected chi connectivity index (χ3v) is 6.59. The second kappa shape index (κ2) is 10.1. The van der Waals surface area contributed by atoms with Gasteiger partial charge in [-0.2, -0.15) is 0 Å². The summed E-state index contributed by atoms with van der Waals surface area (Å²) in [6.45, 7) is 3.83. The summed E-state index contributed by atoms with van der Waals surface area (Å²) in [5, 5.41) is 12.2. The number of fused-ring (bicyclic) bond motifs is 1. The first-order valence-electron chi connectivity index (χ1n) is 11.9. The van der Waals surface area contributed by atoms with Crippen LogP contribution in [0.3, 0.4) is 0 Å². The van der Waals surface area contributed by atoms with Gasteiger partial charge in [0.1, 0.15) is 11.9 Å². The molecule has 0 spiro atoms. The van der Waals surface area contributed by atoms with Crippen LogP contribution in [-0.2, 0) is 11.2 Å². The van der Waals surface area contributed by atoms with Crippen molar-refractivity contribution < 1.29 is 19.0 Å². The van der Waals surface area contributed by atoms with Gasteiger partial charge in [0.15, 0.2) is 5.78 Å². The number of aliphatic hydroxyl groups is 1. The van der Waals surface area contributed by atoms with Crippen molar-refractivity contribution in [1.29, 1.82) is 0 Å². The molecule has 2 aliphatic rings. The molecule has 4 rings (SSSR count). The highest BCUT2D eigenvalue weighted by Gasteiger charge is 2.24. The standard InChI is InChI=1S/C29H32FNO3/c1-19(30)13-21-14-23(18-31-17-21)24-8-9-28(34-3)26-15-20(6-7-25(24)26)16-27(32)22-5-4-11-29(2,33)12-10-22/h5-9,13-15,18-19,33H,4,10-12,16-17H2,1-3H3/b21-13+. The number of ketones is 1. The van der Waals surface area contributed by atoms with Gasteiger partial charge in [-0.05, 0) is 97.5 Å². The minimum Gasteiger partial charge on any atom is -0.496 e. The van der Waals surface area contributed by atoms with Gasteiger partial charge in [-0.3, -0.25) is 9.79 Å². The second-order valence-electron chi connectivity index (χ2n) is 9.55. The number of alkyl halides is 1. The SMILES string of the molecule is COc1ccc(C2=C/C(=C\C(C)F)CN=C2)c2ccc(CC(=O)C3=CCCC(C)(O)CC3)cc12. The highest BCUT2D eigenvalue weighted by Crippen LogP contribution is 2.34. The van der Waals surface area contributed by atoms with E-state index in [1.165, 1.54) is 6.92 Å². The fourth-order valence-electron chi connectivity index (χ4n) is 4.72. The third kappa shape index (κ3) is 5.53. The third-order valence-electron chi connectivity index (χ3n) is 6.59. The van der Waals surface area contributed by atoms with Crippen LogP contribution in [0.4, 0.5) is 4.39 Å². The van der Waals surface area contributed by atoms with Gasteiger partial charge in [-0.15, -0.1) is 0 Å². The number of allylic oxidation sites excluding steroid dienone is 4. The zero-order valence-corrected chi connectivity index (χ0v) is 20.1. The number of carbonyl (C=O) groups is 1. The fraction of sp³-hybridized carbons (Fsp3) is 0.379. The molecule has 2 unspecified atom stereocenters. The van der Waals surface area contributed by atoms with Crippen molar-refractivity contribution in [3.05, 3.63) is 70.8 Å². The molecule has 1 N–H and O–H groups in total. The minimum atomic E-state index is -1.02. The average molecular weight is 462 g/mol. The molecule has 0 radical (unpaired) electrons. The molecule has 0 saturated heterocycles. The Labute approximate surface area is 200 Å². The zero-order chi connectivity index (χ0) is 24.3. The van der Waals surface area contributed by atoms with Crippen molar-refractivity contribution in [3.63, 3.8) is 0 Å². The lowest BCUT2D eigenvalue weighted by Crippen LogP contribution is -2.22. The number of dihydropyridines is 1. The lowest BCUT2D eigenvalue weighted by atomic mass is 9.92. The van der Waals surface area contributed by atoms with Crippen LogP contribution in [0, 0.1) is 0 Å². The van der Waals surface area contributed by atoms with E-state index in [1.54, 1.807) is 13.2 Å². The molecule has 0 saturated carbocycles. The van der Waals surface area contributed by atoms with Crippen molar-refractivity contribution in [2.24, 2.45) is 4.99 Å². The van der Waals surface area contributed by atoms with Gasteiger partial charge in [0.2, 0.25) is 0 Å².